The lowest BCUT2D eigenvalue weighted by atomic mass is 10.1. The molecule has 3 rings (SSSR count). The monoisotopic (exact) mass is 358 g/mol. The van der Waals surface area contributed by atoms with Gasteiger partial charge in [-0.3, -0.25) is 4.79 Å². The topological polar surface area (TPSA) is 64.4 Å². The van der Waals surface area contributed by atoms with Gasteiger partial charge < -0.3 is 14.6 Å². The van der Waals surface area contributed by atoms with Gasteiger partial charge >= 0.3 is 0 Å². The Bertz CT molecular complexity index is 925. The number of rotatable bonds is 6. The zero-order valence-corrected chi connectivity index (χ0v) is 14.0. The third-order valence-electron chi connectivity index (χ3n) is 3.58. The molecule has 1 aromatic heterocycles. The van der Waals surface area contributed by atoms with Crippen LogP contribution in [-0.4, -0.2) is 17.7 Å². The van der Waals surface area contributed by atoms with Crippen LogP contribution in [0.25, 0.3) is 11.3 Å². The molecule has 1 amide bonds. The first-order valence-corrected chi connectivity index (χ1v) is 7.88. The van der Waals surface area contributed by atoms with Crippen LogP contribution in [-0.2, 0) is 11.3 Å². The van der Waals surface area contributed by atoms with Crippen LogP contribution < -0.4 is 10.1 Å². The Balaban J connectivity index is 1.53. The molecule has 1 N–H and O–H groups in total. The molecule has 0 aliphatic carbocycles. The van der Waals surface area contributed by atoms with Gasteiger partial charge in [0.05, 0.1) is 12.1 Å². The van der Waals surface area contributed by atoms with Crippen molar-refractivity contribution in [2.75, 3.05) is 6.61 Å². The van der Waals surface area contributed by atoms with E-state index in [2.05, 4.69) is 10.5 Å². The normalized spacial score (nSPS) is 10.6. The Hall–Kier alpha value is -3.22. The highest BCUT2D eigenvalue weighted by Gasteiger charge is 2.13. The first kappa shape index (κ1) is 17.6. The maximum absolute atomic E-state index is 13.7. The van der Waals surface area contributed by atoms with Gasteiger partial charge in [0.2, 0.25) is 0 Å². The first-order chi connectivity index (χ1) is 12.5. The van der Waals surface area contributed by atoms with Gasteiger partial charge in [0.1, 0.15) is 23.1 Å². The van der Waals surface area contributed by atoms with E-state index in [1.54, 1.807) is 6.07 Å². The summed E-state index contributed by atoms with van der Waals surface area (Å²) >= 11 is 0. The number of ether oxygens (including phenoxy) is 1. The van der Waals surface area contributed by atoms with Crippen LogP contribution in [0.3, 0.4) is 0 Å². The molecular weight excluding hydrogens is 342 g/mol. The van der Waals surface area contributed by atoms with E-state index in [-0.39, 0.29) is 30.4 Å². The van der Waals surface area contributed by atoms with Gasteiger partial charge in [0.25, 0.3) is 5.91 Å². The molecule has 0 aliphatic rings. The molecule has 0 aliphatic heterocycles. The van der Waals surface area contributed by atoms with Gasteiger partial charge in [-0.2, -0.15) is 0 Å². The lowest BCUT2D eigenvalue weighted by Crippen LogP contribution is -2.28. The van der Waals surface area contributed by atoms with Crippen molar-refractivity contribution in [3.63, 3.8) is 0 Å². The largest absolute Gasteiger partial charge is 0.484 e. The molecule has 0 fully saturated rings. The van der Waals surface area contributed by atoms with Crippen LogP contribution in [0, 0.1) is 18.6 Å². The quantitative estimate of drug-likeness (QED) is 0.731. The molecule has 7 heteroatoms. The molecule has 0 saturated carbocycles. The van der Waals surface area contributed by atoms with Gasteiger partial charge in [-0.25, -0.2) is 8.78 Å². The number of hydrogen-bond donors (Lipinski definition) is 1. The summed E-state index contributed by atoms with van der Waals surface area (Å²) in [5.41, 5.74) is 1.54. The number of carbonyl (C=O) groups is 1. The maximum atomic E-state index is 13.7. The number of amides is 1. The lowest BCUT2D eigenvalue weighted by molar-refractivity contribution is -0.123. The van der Waals surface area contributed by atoms with Crippen molar-refractivity contribution in [1.82, 2.24) is 10.5 Å². The van der Waals surface area contributed by atoms with Crippen LogP contribution >= 0.6 is 0 Å². The summed E-state index contributed by atoms with van der Waals surface area (Å²) in [6, 6.07) is 12.0. The van der Waals surface area contributed by atoms with Crippen LogP contribution in [0.5, 0.6) is 5.75 Å². The Morgan fingerprint density at radius 2 is 2.04 bits per heavy atom. The van der Waals surface area contributed by atoms with Crippen LogP contribution in [0.2, 0.25) is 0 Å². The molecular formula is C19H16F2N2O3. The lowest BCUT2D eigenvalue weighted by Gasteiger charge is -2.06. The minimum atomic E-state index is -0.747. The number of nitrogens with zero attached hydrogens (tertiary/aromatic N) is 1. The van der Waals surface area contributed by atoms with E-state index in [1.165, 1.54) is 12.1 Å². The third-order valence-corrected chi connectivity index (χ3v) is 3.58. The molecule has 3 aromatic rings. The van der Waals surface area contributed by atoms with Crippen molar-refractivity contribution in [2.24, 2.45) is 0 Å². The SMILES string of the molecule is Cc1cccc(OCC(=O)NCc2cc(-c3ccc(F)cc3F)on2)c1. The summed E-state index contributed by atoms with van der Waals surface area (Å²) in [4.78, 5) is 11.8. The molecule has 0 spiro atoms. The second-order valence-electron chi connectivity index (χ2n) is 5.69. The molecule has 0 bridgehead atoms. The summed E-state index contributed by atoms with van der Waals surface area (Å²) in [6.07, 6.45) is 0. The van der Waals surface area contributed by atoms with E-state index in [4.69, 9.17) is 9.26 Å². The van der Waals surface area contributed by atoms with Gasteiger partial charge in [-0.15, -0.1) is 0 Å². The number of aromatic nitrogens is 1. The zero-order valence-electron chi connectivity index (χ0n) is 14.0. The van der Waals surface area contributed by atoms with Crippen LogP contribution in [0.15, 0.2) is 53.1 Å². The smallest absolute Gasteiger partial charge is 0.258 e. The van der Waals surface area contributed by atoms with E-state index in [9.17, 15) is 13.6 Å². The van der Waals surface area contributed by atoms with Crippen LogP contribution in [0.1, 0.15) is 11.3 Å². The fourth-order valence-corrected chi connectivity index (χ4v) is 2.31. The Labute approximate surface area is 148 Å². The Morgan fingerprint density at radius 3 is 2.81 bits per heavy atom. The highest BCUT2D eigenvalue weighted by atomic mass is 19.1. The van der Waals surface area contributed by atoms with E-state index in [1.807, 2.05) is 25.1 Å². The molecule has 0 radical (unpaired) electrons. The number of benzene rings is 2. The standard InChI is InChI=1S/C19H16F2N2O3/c1-12-3-2-4-15(7-12)25-11-19(24)22-10-14-9-18(26-23-14)16-6-5-13(20)8-17(16)21/h2-9H,10-11H2,1H3,(H,22,24). The number of carbonyl (C=O) groups excluding carboxylic acids is 1. The minimum absolute atomic E-state index is 0.0965. The van der Waals surface area contributed by atoms with Gasteiger partial charge in [-0.1, -0.05) is 17.3 Å². The predicted octanol–water partition coefficient (Wildman–Crippen LogP) is 3.62. The minimum Gasteiger partial charge on any atom is -0.484 e. The fourth-order valence-electron chi connectivity index (χ4n) is 2.31. The van der Waals surface area contributed by atoms with Crippen molar-refractivity contribution < 1.29 is 22.8 Å². The summed E-state index contributed by atoms with van der Waals surface area (Å²) in [5.74, 6) is -0.988. The average molecular weight is 358 g/mol. The second-order valence-corrected chi connectivity index (χ2v) is 5.69. The molecule has 0 unspecified atom stereocenters. The van der Waals surface area contributed by atoms with Gasteiger partial charge in [0, 0.05) is 12.1 Å². The summed E-state index contributed by atoms with van der Waals surface area (Å²) in [6.45, 7) is 1.89. The van der Waals surface area contributed by atoms with Crippen molar-refractivity contribution in [3.8, 4) is 17.1 Å². The first-order valence-electron chi connectivity index (χ1n) is 7.88. The average Bonchev–Trinajstić information content (AvgIpc) is 3.07. The third kappa shape index (κ3) is 4.44. The molecule has 134 valence electrons. The maximum Gasteiger partial charge on any atom is 0.258 e. The Morgan fingerprint density at radius 1 is 1.19 bits per heavy atom. The molecule has 2 aromatic carbocycles. The predicted molar refractivity (Wildman–Crippen MR) is 90.4 cm³/mol. The summed E-state index contributed by atoms with van der Waals surface area (Å²) < 4.78 is 37.1. The molecule has 1 heterocycles. The van der Waals surface area contributed by atoms with Crippen molar-refractivity contribution in [1.29, 1.82) is 0 Å². The van der Waals surface area contributed by atoms with Gasteiger partial charge in [-0.05, 0) is 36.8 Å². The summed E-state index contributed by atoms with van der Waals surface area (Å²) in [5, 5.41) is 6.40. The molecule has 0 saturated heterocycles. The zero-order chi connectivity index (χ0) is 18.5. The number of aryl methyl sites for hydroxylation is 1. The molecule has 26 heavy (non-hydrogen) atoms. The number of nitrogens with one attached hydrogen (secondary N) is 1. The van der Waals surface area contributed by atoms with E-state index < -0.39 is 11.6 Å². The van der Waals surface area contributed by atoms with Crippen LogP contribution in [0.4, 0.5) is 8.78 Å². The highest BCUT2D eigenvalue weighted by molar-refractivity contribution is 5.77. The van der Waals surface area contributed by atoms with E-state index in [0.717, 1.165) is 17.7 Å². The number of halogens is 2. The van der Waals surface area contributed by atoms with E-state index in [0.29, 0.717) is 11.4 Å². The molecule has 0 atom stereocenters. The van der Waals surface area contributed by atoms with Crippen molar-refractivity contribution in [2.45, 2.75) is 13.5 Å². The number of hydrogen-bond acceptors (Lipinski definition) is 4. The van der Waals surface area contributed by atoms with Gasteiger partial charge in [0.15, 0.2) is 12.4 Å². The van der Waals surface area contributed by atoms with E-state index >= 15 is 0 Å². The second kappa shape index (κ2) is 7.77. The summed E-state index contributed by atoms with van der Waals surface area (Å²) in [7, 11) is 0. The highest BCUT2D eigenvalue weighted by Crippen LogP contribution is 2.24. The Kier molecular flexibility index (Phi) is 5.26. The van der Waals surface area contributed by atoms with Crippen molar-refractivity contribution >= 4 is 5.91 Å². The fraction of sp³-hybridized carbons (Fsp3) is 0.158. The molecule has 5 nitrogen and oxygen atoms in total. The van der Waals surface area contributed by atoms with Crippen molar-refractivity contribution in [3.05, 3.63) is 71.4 Å².